The third kappa shape index (κ3) is 2.15. The Hall–Kier alpha value is -1.98. The van der Waals surface area contributed by atoms with Crippen molar-refractivity contribution in [3.63, 3.8) is 0 Å². The molecule has 0 spiro atoms. The predicted molar refractivity (Wildman–Crippen MR) is 71.7 cm³/mol. The number of furan rings is 1. The fraction of sp³-hybridized carbons (Fsp3) is 0. The molecule has 0 amide bonds. The summed E-state index contributed by atoms with van der Waals surface area (Å²) in [6.07, 6.45) is 2.57. The third-order valence-electron chi connectivity index (χ3n) is 2.72. The van der Waals surface area contributed by atoms with Crippen LogP contribution in [0.2, 0.25) is 10.4 Å². The molecule has 3 aromatic rings. The topological polar surface area (TPSA) is 56.0 Å². The van der Waals surface area contributed by atoms with E-state index in [0.29, 0.717) is 5.39 Å². The molecular formula is C13H5Cl2FN2O2. The van der Waals surface area contributed by atoms with Gasteiger partial charge in [-0.2, -0.15) is 0 Å². The number of rotatable bonds is 2. The first-order valence-electron chi connectivity index (χ1n) is 5.46. The summed E-state index contributed by atoms with van der Waals surface area (Å²) in [4.78, 5) is 19.8. The monoisotopic (exact) mass is 310 g/mol. The summed E-state index contributed by atoms with van der Waals surface area (Å²) < 4.78 is 18.7. The third-order valence-corrected chi connectivity index (χ3v) is 3.19. The molecule has 20 heavy (non-hydrogen) atoms. The highest BCUT2D eigenvalue weighted by molar-refractivity contribution is 6.35. The Morgan fingerprint density at radius 3 is 2.80 bits per heavy atom. The average molecular weight is 311 g/mol. The quantitative estimate of drug-likeness (QED) is 0.409. The number of carbonyl (C=O) groups excluding carboxylic acids is 1. The van der Waals surface area contributed by atoms with Crippen LogP contribution in [-0.4, -0.2) is 15.8 Å². The number of aromatic nitrogens is 2. The van der Waals surface area contributed by atoms with Crippen molar-refractivity contribution in [1.82, 2.24) is 9.97 Å². The molecule has 0 unspecified atom stereocenters. The molecule has 0 saturated carbocycles. The summed E-state index contributed by atoms with van der Waals surface area (Å²) in [5.41, 5.74) is 0.361. The first kappa shape index (κ1) is 13.0. The molecule has 0 aliphatic heterocycles. The SMILES string of the molecule is O=C(c1cnc(Cl)nc1Cl)c1cc(F)cc2ccoc12. The van der Waals surface area contributed by atoms with Gasteiger partial charge in [0, 0.05) is 11.6 Å². The molecule has 2 aromatic heterocycles. The fourth-order valence-electron chi connectivity index (χ4n) is 1.85. The van der Waals surface area contributed by atoms with Crippen molar-refractivity contribution in [1.29, 1.82) is 0 Å². The van der Waals surface area contributed by atoms with E-state index in [4.69, 9.17) is 27.6 Å². The number of fused-ring (bicyclic) bond motifs is 1. The van der Waals surface area contributed by atoms with Gasteiger partial charge in [-0.25, -0.2) is 14.4 Å². The van der Waals surface area contributed by atoms with Gasteiger partial charge in [0.2, 0.25) is 11.1 Å². The molecule has 1 aromatic carbocycles. The summed E-state index contributed by atoms with van der Waals surface area (Å²) >= 11 is 11.4. The van der Waals surface area contributed by atoms with Crippen molar-refractivity contribution in [2.24, 2.45) is 0 Å². The van der Waals surface area contributed by atoms with Crippen molar-refractivity contribution in [2.45, 2.75) is 0 Å². The molecule has 0 radical (unpaired) electrons. The van der Waals surface area contributed by atoms with Gasteiger partial charge in [0.05, 0.1) is 17.4 Å². The highest BCUT2D eigenvalue weighted by Gasteiger charge is 2.20. The lowest BCUT2D eigenvalue weighted by atomic mass is 10.0. The van der Waals surface area contributed by atoms with E-state index < -0.39 is 11.6 Å². The summed E-state index contributed by atoms with van der Waals surface area (Å²) in [6, 6.07) is 3.92. The Balaban J connectivity index is 2.19. The lowest BCUT2D eigenvalue weighted by molar-refractivity contribution is 0.103. The Bertz CT molecular complexity index is 832. The Labute approximate surface area is 122 Å². The van der Waals surface area contributed by atoms with Gasteiger partial charge in [-0.05, 0) is 29.8 Å². The van der Waals surface area contributed by atoms with E-state index >= 15 is 0 Å². The smallest absolute Gasteiger partial charge is 0.223 e. The van der Waals surface area contributed by atoms with E-state index in [9.17, 15) is 9.18 Å². The van der Waals surface area contributed by atoms with E-state index in [-0.39, 0.29) is 27.1 Å². The van der Waals surface area contributed by atoms with E-state index in [1.54, 1.807) is 6.07 Å². The normalized spacial score (nSPS) is 10.9. The molecule has 2 heterocycles. The fourth-order valence-corrected chi connectivity index (χ4v) is 2.24. The van der Waals surface area contributed by atoms with Crippen molar-refractivity contribution in [3.8, 4) is 0 Å². The van der Waals surface area contributed by atoms with Crippen LogP contribution in [0.5, 0.6) is 0 Å². The second kappa shape index (κ2) is 4.85. The van der Waals surface area contributed by atoms with Crippen molar-refractivity contribution in [3.05, 3.63) is 58.0 Å². The van der Waals surface area contributed by atoms with Gasteiger partial charge < -0.3 is 4.42 Å². The van der Waals surface area contributed by atoms with E-state index in [1.165, 1.54) is 18.5 Å². The number of hydrogen-bond donors (Lipinski definition) is 0. The highest BCUT2D eigenvalue weighted by Crippen LogP contribution is 2.26. The Morgan fingerprint density at radius 2 is 2.05 bits per heavy atom. The van der Waals surface area contributed by atoms with Gasteiger partial charge in [0.1, 0.15) is 16.6 Å². The zero-order valence-electron chi connectivity index (χ0n) is 9.73. The van der Waals surface area contributed by atoms with Gasteiger partial charge in [-0.3, -0.25) is 4.79 Å². The number of halogens is 3. The molecule has 0 aliphatic carbocycles. The molecule has 0 aliphatic rings. The number of nitrogens with zero attached hydrogens (tertiary/aromatic N) is 2. The van der Waals surface area contributed by atoms with Crippen molar-refractivity contribution in [2.75, 3.05) is 0 Å². The maximum atomic E-state index is 13.5. The maximum Gasteiger partial charge on any atom is 0.223 e. The largest absolute Gasteiger partial charge is 0.464 e. The molecule has 100 valence electrons. The minimum atomic E-state index is -0.548. The van der Waals surface area contributed by atoms with Crippen LogP contribution in [-0.2, 0) is 0 Å². The summed E-state index contributed by atoms with van der Waals surface area (Å²) in [7, 11) is 0. The first-order valence-corrected chi connectivity index (χ1v) is 6.21. The van der Waals surface area contributed by atoms with E-state index in [1.807, 2.05) is 0 Å². The van der Waals surface area contributed by atoms with E-state index in [2.05, 4.69) is 9.97 Å². The number of carbonyl (C=O) groups is 1. The second-order valence-corrected chi connectivity index (χ2v) is 4.66. The zero-order valence-corrected chi connectivity index (χ0v) is 11.2. The molecule has 4 nitrogen and oxygen atoms in total. The van der Waals surface area contributed by atoms with Crippen molar-refractivity contribution >= 4 is 40.0 Å². The average Bonchev–Trinajstić information content (AvgIpc) is 2.85. The predicted octanol–water partition coefficient (Wildman–Crippen LogP) is 3.90. The standard InChI is InChI=1S/C13H5Cl2FN2O2/c14-12-9(5-17-13(15)18-12)10(19)8-4-7(16)3-6-1-2-20-11(6)8/h1-5H. The van der Waals surface area contributed by atoms with Crippen LogP contribution >= 0.6 is 23.2 Å². The molecule has 0 atom stereocenters. The second-order valence-electron chi connectivity index (χ2n) is 3.96. The van der Waals surface area contributed by atoms with Crippen LogP contribution in [0.15, 0.2) is 35.1 Å². The van der Waals surface area contributed by atoms with Crippen LogP contribution < -0.4 is 0 Å². The lowest BCUT2D eigenvalue weighted by Crippen LogP contribution is -2.05. The Kier molecular flexibility index (Phi) is 3.16. The van der Waals surface area contributed by atoms with Crippen molar-refractivity contribution < 1.29 is 13.6 Å². The van der Waals surface area contributed by atoms with Gasteiger partial charge in [-0.15, -0.1) is 0 Å². The Morgan fingerprint density at radius 1 is 1.25 bits per heavy atom. The molecular weight excluding hydrogens is 306 g/mol. The van der Waals surface area contributed by atoms with Crippen LogP contribution in [0.3, 0.4) is 0 Å². The lowest BCUT2D eigenvalue weighted by Gasteiger charge is -2.04. The number of hydrogen-bond acceptors (Lipinski definition) is 4. The van der Waals surface area contributed by atoms with Crippen LogP contribution in [0.4, 0.5) is 4.39 Å². The van der Waals surface area contributed by atoms with Gasteiger partial charge in [0.25, 0.3) is 0 Å². The van der Waals surface area contributed by atoms with E-state index in [0.717, 1.165) is 6.07 Å². The molecule has 0 N–H and O–H groups in total. The summed E-state index contributed by atoms with van der Waals surface area (Å²) in [6.45, 7) is 0. The molecule has 7 heteroatoms. The van der Waals surface area contributed by atoms with Crippen LogP contribution in [0, 0.1) is 5.82 Å². The zero-order chi connectivity index (χ0) is 14.3. The maximum absolute atomic E-state index is 13.5. The summed E-state index contributed by atoms with van der Waals surface area (Å²) in [5, 5.41) is 0.312. The molecule has 0 saturated heterocycles. The summed E-state index contributed by atoms with van der Waals surface area (Å²) in [5.74, 6) is -1.08. The minimum absolute atomic E-state index is 0.0272. The van der Waals surface area contributed by atoms with Crippen LogP contribution in [0.25, 0.3) is 11.0 Å². The highest BCUT2D eigenvalue weighted by atomic mass is 35.5. The molecule has 3 rings (SSSR count). The molecule has 0 fully saturated rings. The molecule has 0 bridgehead atoms. The van der Waals surface area contributed by atoms with Crippen LogP contribution in [0.1, 0.15) is 15.9 Å². The number of benzene rings is 1. The minimum Gasteiger partial charge on any atom is -0.464 e. The van der Waals surface area contributed by atoms with Gasteiger partial charge in [-0.1, -0.05) is 11.6 Å². The first-order chi connectivity index (χ1) is 9.56. The number of ketones is 1. The van der Waals surface area contributed by atoms with Gasteiger partial charge in [0.15, 0.2) is 0 Å². The van der Waals surface area contributed by atoms with Gasteiger partial charge >= 0.3 is 0 Å².